The average Bonchev–Trinajstić information content (AvgIpc) is 2.65. The molecular formula is C18H18N6S. The quantitative estimate of drug-likeness (QED) is 0.581. The highest BCUT2D eigenvalue weighted by molar-refractivity contribution is 7.99. The molecule has 0 aliphatic carbocycles. The van der Waals surface area contributed by atoms with Crippen molar-refractivity contribution in [1.82, 2.24) is 15.0 Å². The first-order valence-corrected chi connectivity index (χ1v) is 8.77. The van der Waals surface area contributed by atoms with Crippen LogP contribution in [-0.4, -0.2) is 29.0 Å². The van der Waals surface area contributed by atoms with Crippen molar-refractivity contribution in [2.24, 2.45) is 0 Å². The van der Waals surface area contributed by atoms with E-state index in [-0.39, 0.29) is 0 Å². The highest BCUT2D eigenvalue weighted by Crippen LogP contribution is 2.42. The topological polar surface area (TPSA) is 66.0 Å². The largest absolute Gasteiger partial charge is 0.380 e. The van der Waals surface area contributed by atoms with Gasteiger partial charge in [-0.05, 0) is 29.8 Å². The second kappa shape index (κ2) is 6.60. The lowest BCUT2D eigenvalue weighted by Crippen LogP contribution is -2.10. The fraction of sp³-hybridized carbons (Fsp3) is 0.167. The number of nitrogens with one attached hydrogen (secondary N) is 2. The zero-order valence-corrected chi connectivity index (χ0v) is 14.8. The number of pyridine rings is 1. The van der Waals surface area contributed by atoms with Gasteiger partial charge >= 0.3 is 0 Å². The molecule has 1 aliphatic rings. The number of nitrogens with zero attached hydrogens (tertiary/aromatic N) is 4. The molecule has 0 radical (unpaired) electrons. The number of hydrogen-bond acceptors (Lipinski definition) is 7. The summed E-state index contributed by atoms with van der Waals surface area (Å²) in [4.78, 5) is 16.3. The highest BCUT2D eigenvalue weighted by atomic mass is 32.2. The van der Waals surface area contributed by atoms with Crippen molar-refractivity contribution in [3.05, 3.63) is 54.5 Å². The summed E-state index contributed by atoms with van der Waals surface area (Å²) in [6.07, 6.45) is 5.27. The fourth-order valence-corrected chi connectivity index (χ4v) is 3.43. The van der Waals surface area contributed by atoms with Crippen LogP contribution in [0.1, 0.15) is 5.56 Å². The zero-order chi connectivity index (χ0) is 17.2. The van der Waals surface area contributed by atoms with E-state index >= 15 is 0 Å². The van der Waals surface area contributed by atoms with E-state index in [1.54, 1.807) is 24.2 Å². The van der Waals surface area contributed by atoms with Crippen molar-refractivity contribution in [2.75, 3.05) is 29.6 Å². The Balaban J connectivity index is 1.46. The number of anilines is 4. The minimum Gasteiger partial charge on any atom is -0.380 e. The van der Waals surface area contributed by atoms with Gasteiger partial charge in [0.25, 0.3) is 0 Å². The van der Waals surface area contributed by atoms with Crippen molar-refractivity contribution < 1.29 is 0 Å². The van der Waals surface area contributed by atoms with Gasteiger partial charge in [0, 0.05) is 37.9 Å². The van der Waals surface area contributed by atoms with Gasteiger partial charge < -0.3 is 15.5 Å². The van der Waals surface area contributed by atoms with Crippen LogP contribution in [0.4, 0.5) is 23.0 Å². The van der Waals surface area contributed by atoms with Gasteiger partial charge in [-0.15, -0.1) is 0 Å². The molecule has 0 bridgehead atoms. The third kappa shape index (κ3) is 3.36. The lowest BCUT2D eigenvalue weighted by Gasteiger charge is -2.19. The molecule has 3 heterocycles. The van der Waals surface area contributed by atoms with Crippen LogP contribution in [0.25, 0.3) is 0 Å². The predicted octanol–water partition coefficient (Wildman–Crippen LogP) is 3.76. The molecule has 4 rings (SSSR count). The minimum atomic E-state index is 0.732. The number of rotatable bonds is 4. The Kier molecular flexibility index (Phi) is 4.15. The molecule has 25 heavy (non-hydrogen) atoms. The zero-order valence-electron chi connectivity index (χ0n) is 14.0. The maximum absolute atomic E-state index is 4.42. The summed E-state index contributed by atoms with van der Waals surface area (Å²) >= 11 is 1.64. The maximum Gasteiger partial charge on any atom is 0.163 e. The van der Waals surface area contributed by atoms with E-state index < -0.39 is 0 Å². The normalized spacial score (nSPS) is 11.9. The first kappa shape index (κ1) is 15.7. The number of benzene rings is 1. The van der Waals surface area contributed by atoms with E-state index in [9.17, 15) is 0 Å². The molecule has 2 aromatic heterocycles. The van der Waals surface area contributed by atoms with Crippen molar-refractivity contribution >= 4 is 34.8 Å². The average molecular weight is 350 g/mol. The molecule has 3 aromatic rings. The van der Waals surface area contributed by atoms with Crippen molar-refractivity contribution in [3.63, 3.8) is 0 Å². The molecule has 1 aromatic carbocycles. The molecule has 1 aliphatic heterocycles. The summed E-state index contributed by atoms with van der Waals surface area (Å²) in [5.74, 6) is 1.76. The molecular weight excluding hydrogens is 332 g/mol. The Labute approximate surface area is 150 Å². The van der Waals surface area contributed by atoms with Crippen LogP contribution in [0.5, 0.6) is 0 Å². The Bertz CT molecular complexity index is 894. The van der Waals surface area contributed by atoms with Gasteiger partial charge in [0.2, 0.25) is 0 Å². The monoisotopic (exact) mass is 350 g/mol. The van der Waals surface area contributed by atoms with E-state index in [2.05, 4.69) is 43.8 Å². The van der Waals surface area contributed by atoms with Gasteiger partial charge in [-0.2, -0.15) is 0 Å². The SMILES string of the molecule is CN(C)c1ccc(NCc2ccc3c(c2)Nc2nccnc2S3)cn1. The van der Waals surface area contributed by atoms with Gasteiger partial charge in [-0.1, -0.05) is 17.8 Å². The molecule has 0 atom stereocenters. The number of hydrogen-bond donors (Lipinski definition) is 2. The van der Waals surface area contributed by atoms with Crippen LogP contribution >= 0.6 is 11.8 Å². The summed E-state index contributed by atoms with van der Waals surface area (Å²) in [6, 6.07) is 10.4. The van der Waals surface area contributed by atoms with Crippen LogP contribution in [0, 0.1) is 0 Å². The summed E-state index contributed by atoms with van der Waals surface area (Å²) in [6.45, 7) is 0.732. The van der Waals surface area contributed by atoms with E-state index in [0.29, 0.717) is 0 Å². The van der Waals surface area contributed by atoms with Gasteiger partial charge in [-0.25, -0.2) is 15.0 Å². The van der Waals surface area contributed by atoms with Crippen LogP contribution < -0.4 is 15.5 Å². The molecule has 7 heteroatoms. The van der Waals surface area contributed by atoms with Crippen LogP contribution in [0.2, 0.25) is 0 Å². The van der Waals surface area contributed by atoms with E-state index in [0.717, 1.165) is 39.5 Å². The van der Waals surface area contributed by atoms with Crippen LogP contribution in [-0.2, 0) is 6.54 Å². The van der Waals surface area contributed by atoms with Crippen molar-refractivity contribution in [2.45, 2.75) is 16.5 Å². The lowest BCUT2D eigenvalue weighted by molar-refractivity contribution is 1.04. The van der Waals surface area contributed by atoms with Crippen LogP contribution in [0.15, 0.2) is 58.8 Å². The summed E-state index contributed by atoms with van der Waals surface area (Å²) in [7, 11) is 3.96. The van der Waals surface area contributed by atoms with Gasteiger partial charge in [-0.3, -0.25) is 0 Å². The molecule has 2 N–H and O–H groups in total. The second-order valence-corrected chi connectivity index (χ2v) is 6.95. The molecule has 0 fully saturated rings. The molecule has 126 valence electrons. The minimum absolute atomic E-state index is 0.732. The molecule has 0 amide bonds. The molecule has 0 saturated carbocycles. The second-order valence-electron chi connectivity index (χ2n) is 5.92. The Morgan fingerprint density at radius 2 is 1.96 bits per heavy atom. The smallest absolute Gasteiger partial charge is 0.163 e. The number of aromatic nitrogens is 3. The fourth-order valence-electron chi connectivity index (χ4n) is 2.55. The maximum atomic E-state index is 4.42. The van der Waals surface area contributed by atoms with Crippen molar-refractivity contribution in [1.29, 1.82) is 0 Å². The summed E-state index contributed by atoms with van der Waals surface area (Å²) in [5, 5.41) is 7.68. The molecule has 6 nitrogen and oxygen atoms in total. The van der Waals surface area contributed by atoms with Gasteiger partial charge in [0.1, 0.15) is 10.8 Å². The standard InChI is InChI=1S/C18H18N6S/c1-24(2)16-6-4-13(11-22-16)21-10-12-3-5-15-14(9-12)23-17-18(25-15)20-8-7-19-17/h3-9,11,21H,10H2,1-2H3,(H,19,23). The molecule has 0 unspecified atom stereocenters. The first-order valence-electron chi connectivity index (χ1n) is 7.95. The number of fused-ring (bicyclic) bond motifs is 2. The van der Waals surface area contributed by atoms with Crippen LogP contribution in [0.3, 0.4) is 0 Å². The van der Waals surface area contributed by atoms with E-state index in [1.165, 1.54) is 5.56 Å². The van der Waals surface area contributed by atoms with Gasteiger partial charge in [0.15, 0.2) is 5.82 Å². The summed E-state index contributed by atoms with van der Waals surface area (Å²) < 4.78 is 0. The Morgan fingerprint density at radius 1 is 1.08 bits per heavy atom. The van der Waals surface area contributed by atoms with Crippen molar-refractivity contribution in [3.8, 4) is 0 Å². The lowest BCUT2D eigenvalue weighted by atomic mass is 10.2. The third-order valence-corrected chi connectivity index (χ3v) is 4.94. The van der Waals surface area contributed by atoms with E-state index in [4.69, 9.17) is 0 Å². The summed E-state index contributed by atoms with van der Waals surface area (Å²) in [5.41, 5.74) is 3.26. The molecule has 0 saturated heterocycles. The predicted molar refractivity (Wildman–Crippen MR) is 102 cm³/mol. The third-order valence-electron chi connectivity index (χ3n) is 3.87. The van der Waals surface area contributed by atoms with E-state index in [1.807, 2.05) is 37.3 Å². The first-order chi connectivity index (χ1) is 12.2. The Morgan fingerprint density at radius 3 is 2.76 bits per heavy atom. The van der Waals surface area contributed by atoms with Gasteiger partial charge in [0.05, 0.1) is 17.6 Å². The molecule has 0 spiro atoms. The highest BCUT2D eigenvalue weighted by Gasteiger charge is 2.17. The Hall–Kier alpha value is -2.80.